The Kier molecular flexibility index (Phi) is 5.46. The predicted molar refractivity (Wildman–Crippen MR) is 54.3 cm³/mol. The van der Waals surface area contributed by atoms with Gasteiger partial charge in [0.25, 0.3) is 0 Å². The molecule has 0 aliphatic heterocycles. The van der Waals surface area contributed by atoms with E-state index in [0.29, 0.717) is 0 Å². The molecule has 0 heterocycles. The molecule has 0 spiro atoms. The minimum Gasteiger partial charge on any atom is -0.497 e. The van der Waals surface area contributed by atoms with Gasteiger partial charge >= 0.3 is 0 Å². The number of aliphatic hydroxyl groups is 1. The molecule has 3 N–H and O–H groups in total. The Balaban J connectivity index is 0.00000144. The first-order valence-electron chi connectivity index (χ1n) is 3.78. The van der Waals surface area contributed by atoms with Gasteiger partial charge in [0.05, 0.1) is 19.8 Å². The Hall–Kier alpha value is -0.770. The second-order valence-electron chi connectivity index (χ2n) is 2.56. The van der Waals surface area contributed by atoms with Crippen molar-refractivity contribution in [3.05, 3.63) is 29.8 Å². The zero-order valence-electron chi connectivity index (χ0n) is 7.43. The molecule has 1 rings (SSSR count). The van der Waals surface area contributed by atoms with Crippen molar-refractivity contribution in [2.75, 3.05) is 13.7 Å². The molecule has 0 aliphatic carbocycles. The van der Waals surface area contributed by atoms with Crippen LogP contribution in [0, 0.1) is 0 Å². The van der Waals surface area contributed by atoms with Gasteiger partial charge in [-0.2, -0.15) is 0 Å². The van der Waals surface area contributed by atoms with E-state index in [1.165, 1.54) is 0 Å². The number of nitrogens with two attached hydrogens (primary N) is 1. The summed E-state index contributed by atoms with van der Waals surface area (Å²) in [5, 5.41) is 8.76. The van der Waals surface area contributed by atoms with Crippen LogP contribution in [0.4, 0.5) is 0 Å². The van der Waals surface area contributed by atoms with E-state index in [1.807, 2.05) is 24.3 Å². The second kappa shape index (κ2) is 5.80. The monoisotopic (exact) mass is 203 g/mol. The molecule has 0 saturated carbocycles. The highest BCUT2D eigenvalue weighted by Gasteiger charge is 2.02. The zero-order chi connectivity index (χ0) is 8.97. The Morgan fingerprint density at radius 2 is 1.92 bits per heavy atom. The third-order valence-electron chi connectivity index (χ3n) is 1.74. The third kappa shape index (κ3) is 3.22. The van der Waals surface area contributed by atoms with Crippen LogP contribution in [0.1, 0.15) is 11.6 Å². The van der Waals surface area contributed by atoms with Crippen molar-refractivity contribution < 1.29 is 9.84 Å². The Labute approximate surface area is 83.9 Å². The molecule has 0 amide bonds. The van der Waals surface area contributed by atoms with E-state index in [4.69, 9.17) is 15.6 Å². The maximum absolute atomic E-state index is 8.76. The maximum atomic E-state index is 8.76. The van der Waals surface area contributed by atoms with Gasteiger partial charge in [-0.05, 0) is 17.7 Å². The summed E-state index contributed by atoms with van der Waals surface area (Å²) < 4.78 is 4.98. The molecule has 0 aliphatic rings. The van der Waals surface area contributed by atoms with Gasteiger partial charge in [-0.25, -0.2) is 0 Å². The fraction of sp³-hybridized carbons (Fsp3) is 0.333. The lowest BCUT2D eigenvalue weighted by atomic mass is 10.1. The number of halogens is 1. The van der Waals surface area contributed by atoms with Gasteiger partial charge in [-0.15, -0.1) is 12.4 Å². The van der Waals surface area contributed by atoms with Gasteiger partial charge in [0, 0.05) is 0 Å². The number of aliphatic hydroxyl groups excluding tert-OH is 1. The molecule has 0 aromatic heterocycles. The van der Waals surface area contributed by atoms with Crippen LogP contribution >= 0.6 is 12.4 Å². The number of benzene rings is 1. The lowest BCUT2D eigenvalue weighted by molar-refractivity contribution is 0.268. The fourth-order valence-electron chi connectivity index (χ4n) is 0.957. The zero-order valence-corrected chi connectivity index (χ0v) is 8.25. The summed E-state index contributed by atoms with van der Waals surface area (Å²) in [5.74, 6) is 0.795. The Morgan fingerprint density at radius 1 is 1.38 bits per heavy atom. The van der Waals surface area contributed by atoms with Crippen LogP contribution in [0.5, 0.6) is 5.75 Å². The second-order valence-corrected chi connectivity index (χ2v) is 2.56. The van der Waals surface area contributed by atoms with Crippen molar-refractivity contribution >= 4 is 12.4 Å². The van der Waals surface area contributed by atoms with E-state index in [-0.39, 0.29) is 25.1 Å². The maximum Gasteiger partial charge on any atom is 0.118 e. The molecule has 74 valence electrons. The highest BCUT2D eigenvalue weighted by molar-refractivity contribution is 5.85. The van der Waals surface area contributed by atoms with E-state index in [1.54, 1.807) is 7.11 Å². The minimum absolute atomic E-state index is 0. The molecular formula is C9H14ClNO2. The lowest BCUT2D eigenvalue weighted by Crippen LogP contribution is -2.14. The molecule has 0 radical (unpaired) electrons. The largest absolute Gasteiger partial charge is 0.497 e. The summed E-state index contributed by atoms with van der Waals surface area (Å²) in [6, 6.07) is 7.05. The molecule has 0 unspecified atom stereocenters. The average molecular weight is 204 g/mol. The number of rotatable bonds is 3. The highest BCUT2D eigenvalue weighted by atomic mass is 35.5. The topological polar surface area (TPSA) is 55.5 Å². The first-order valence-corrected chi connectivity index (χ1v) is 3.78. The minimum atomic E-state index is -0.295. The number of hydrogen-bond acceptors (Lipinski definition) is 3. The molecular weight excluding hydrogens is 190 g/mol. The van der Waals surface area contributed by atoms with Crippen LogP contribution < -0.4 is 10.5 Å². The molecule has 0 bridgehead atoms. The first-order chi connectivity index (χ1) is 5.77. The van der Waals surface area contributed by atoms with Crippen molar-refractivity contribution in [2.45, 2.75) is 6.04 Å². The summed E-state index contributed by atoms with van der Waals surface area (Å²) >= 11 is 0. The highest BCUT2D eigenvalue weighted by Crippen LogP contribution is 2.15. The van der Waals surface area contributed by atoms with E-state index in [0.717, 1.165) is 11.3 Å². The molecule has 1 aromatic rings. The molecule has 13 heavy (non-hydrogen) atoms. The molecule has 3 nitrogen and oxygen atoms in total. The first kappa shape index (κ1) is 12.2. The molecule has 4 heteroatoms. The van der Waals surface area contributed by atoms with Crippen molar-refractivity contribution in [3.8, 4) is 5.75 Å². The summed E-state index contributed by atoms with van der Waals surface area (Å²) in [6.07, 6.45) is 0. The predicted octanol–water partition coefficient (Wildman–Crippen LogP) is 1.11. The summed E-state index contributed by atoms with van der Waals surface area (Å²) in [5.41, 5.74) is 6.51. The number of hydrogen-bond donors (Lipinski definition) is 2. The van der Waals surface area contributed by atoms with Gasteiger partial charge in [-0.1, -0.05) is 12.1 Å². The molecule has 0 fully saturated rings. The number of methoxy groups -OCH3 is 1. The molecule has 1 atom stereocenters. The summed E-state index contributed by atoms with van der Waals surface area (Å²) in [4.78, 5) is 0. The SMILES string of the molecule is COc1ccc([C@@H](N)CO)cc1.Cl. The standard InChI is InChI=1S/C9H13NO2.ClH/c1-12-8-4-2-7(3-5-8)9(10)6-11;/h2-5,9,11H,6,10H2,1H3;1H/t9-;/m0./s1. The summed E-state index contributed by atoms with van der Waals surface area (Å²) in [6.45, 7) is -0.0354. The van der Waals surface area contributed by atoms with Gasteiger partial charge in [0.2, 0.25) is 0 Å². The molecule has 1 aromatic carbocycles. The number of ether oxygens (including phenoxy) is 1. The van der Waals surface area contributed by atoms with E-state index in [9.17, 15) is 0 Å². The Bertz CT molecular complexity index is 238. The quantitative estimate of drug-likeness (QED) is 0.774. The fourth-order valence-corrected chi connectivity index (χ4v) is 0.957. The van der Waals surface area contributed by atoms with Crippen molar-refractivity contribution in [1.29, 1.82) is 0 Å². The smallest absolute Gasteiger partial charge is 0.118 e. The Morgan fingerprint density at radius 3 is 2.31 bits per heavy atom. The van der Waals surface area contributed by atoms with Crippen LogP contribution in [0.25, 0.3) is 0 Å². The molecule has 0 saturated heterocycles. The van der Waals surface area contributed by atoms with Crippen LogP contribution in [0.2, 0.25) is 0 Å². The van der Waals surface area contributed by atoms with Crippen LogP contribution in [0.15, 0.2) is 24.3 Å². The van der Waals surface area contributed by atoms with Crippen LogP contribution in [-0.2, 0) is 0 Å². The lowest BCUT2D eigenvalue weighted by Gasteiger charge is -2.08. The average Bonchev–Trinajstić information content (AvgIpc) is 2.17. The van der Waals surface area contributed by atoms with Gasteiger partial charge in [-0.3, -0.25) is 0 Å². The van der Waals surface area contributed by atoms with Gasteiger partial charge < -0.3 is 15.6 Å². The van der Waals surface area contributed by atoms with Gasteiger partial charge in [0.15, 0.2) is 0 Å². The third-order valence-corrected chi connectivity index (χ3v) is 1.74. The van der Waals surface area contributed by atoms with Crippen LogP contribution in [0.3, 0.4) is 0 Å². The summed E-state index contributed by atoms with van der Waals surface area (Å²) in [7, 11) is 1.61. The van der Waals surface area contributed by atoms with Crippen LogP contribution in [-0.4, -0.2) is 18.8 Å². The van der Waals surface area contributed by atoms with E-state index in [2.05, 4.69) is 0 Å². The van der Waals surface area contributed by atoms with Crippen molar-refractivity contribution in [1.82, 2.24) is 0 Å². The normalized spacial score (nSPS) is 11.6. The van der Waals surface area contributed by atoms with Gasteiger partial charge in [0.1, 0.15) is 5.75 Å². The van der Waals surface area contributed by atoms with E-state index >= 15 is 0 Å². The van der Waals surface area contributed by atoms with E-state index < -0.39 is 0 Å². The van der Waals surface area contributed by atoms with Crippen molar-refractivity contribution in [2.24, 2.45) is 5.73 Å². The van der Waals surface area contributed by atoms with Crippen molar-refractivity contribution in [3.63, 3.8) is 0 Å².